The number of nitrogen functional groups attached to an aromatic ring is 1. The summed E-state index contributed by atoms with van der Waals surface area (Å²) in [4.78, 5) is 30.6. The summed E-state index contributed by atoms with van der Waals surface area (Å²) in [7, 11) is 0. The lowest BCUT2D eigenvalue weighted by atomic mass is 10.4. The summed E-state index contributed by atoms with van der Waals surface area (Å²) in [6, 6.07) is 0. The summed E-state index contributed by atoms with van der Waals surface area (Å²) in [5.74, 6) is -1.46. The van der Waals surface area contributed by atoms with Crippen molar-refractivity contribution in [3.05, 3.63) is 5.38 Å². The molecule has 8 heteroatoms. The van der Waals surface area contributed by atoms with Crippen LogP contribution in [0.3, 0.4) is 0 Å². The SMILES string of the molecule is CC(=O)N(OC(C)C(=O)O)c1csc(N)n1. The molecular formula is C8H11N3O4S. The van der Waals surface area contributed by atoms with Gasteiger partial charge in [0.25, 0.3) is 0 Å². The second-order valence-electron chi connectivity index (χ2n) is 2.94. The van der Waals surface area contributed by atoms with Gasteiger partial charge in [-0.1, -0.05) is 0 Å². The maximum absolute atomic E-state index is 11.2. The fourth-order valence-electron chi connectivity index (χ4n) is 0.865. The van der Waals surface area contributed by atoms with Crippen LogP contribution in [0.2, 0.25) is 0 Å². The molecule has 0 aliphatic heterocycles. The first-order chi connectivity index (χ1) is 7.41. The van der Waals surface area contributed by atoms with E-state index in [1.165, 1.54) is 19.2 Å². The Bertz CT molecular complexity index is 406. The van der Waals surface area contributed by atoms with E-state index < -0.39 is 18.0 Å². The zero-order valence-electron chi connectivity index (χ0n) is 8.71. The molecule has 1 aromatic rings. The van der Waals surface area contributed by atoms with Crippen LogP contribution in [-0.2, 0) is 14.4 Å². The van der Waals surface area contributed by atoms with Crippen molar-refractivity contribution in [1.82, 2.24) is 4.98 Å². The number of hydrogen-bond acceptors (Lipinski definition) is 6. The molecule has 1 heterocycles. The third-order valence-corrected chi connectivity index (χ3v) is 2.28. The van der Waals surface area contributed by atoms with Gasteiger partial charge in [-0.3, -0.25) is 4.79 Å². The molecule has 0 saturated carbocycles. The summed E-state index contributed by atoms with van der Waals surface area (Å²) >= 11 is 1.13. The molecule has 0 saturated heterocycles. The quantitative estimate of drug-likeness (QED) is 0.747. The van der Waals surface area contributed by atoms with E-state index in [2.05, 4.69) is 4.98 Å². The summed E-state index contributed by atoms with van der Waals surface area (Å²) < 4.78 is 0. The first kappa shape index (κ1) is 12.4. The number of carbonyl (C=O) groups excluding carboxylic acids is 1. The number of hydrogen-bond donors (Lipinski definition) is 2. The fraction of sp³-hybridized carbons (Fsp3) is 0.375. The van der Waals surface area contributed by atoms with Gasteiger partial charge in [-0.15, -0.1) is 11.3 Å². The third-order valence-electron chi connectivity index (χ3n) is 1.62. The van der Waals surface area contributed by atoms with E-state index in [9.17, 15) is 9.59 Å². The Hall–Kier alpha value is -1.67. The molecular weight excluding hydrogens is 234 g/mol. The highest BCUT2D eigenvalue weighted by Crippen LogP contribution is 2.21. The molecule has 88 valence electrons. The molecule has 0 aliphatic carbocycles. The zero-order chi connectivity index (χ0) is 12.3. The first-order valence-electron chi connectivity index (χ1n) is 4.33. The van der Waals surface area contributed by atoms with Crippen molar-refractivity contribution in [1.29, 1.82) is 0 Å². The van der Waals surface area contributed by atoms with Crippen LogP contribution >= 0.6 is 11.3 Å². The number of aromatic nitrogens is 1. The number of nitrogens with zero attached hydrogens (tertiary/aromatic N) is 2. The third kappa shape index (κ3) is 2.91. The van der Waals surface area contributed by atoms with Gasteiger partial charge in [-0.2, -0.15) is 5.06 Å². The monoisotopic (exact) mass is 245 g/mol. The summed E-state index contributed by atoms with van der Waals surface area (Å²) in [6.07, 6.45) is -1.15. The largest absolute Gasteiger partial charge is 0.479 e. The Morgan fingerprint density at radius 1 is 1.69 bits per heavy atom. The van der Waals surface area contributed by atoms with Crippen LogP contribution in [0.5, 0.6) is 0 Å². The molecule has 0 aromatic carbocycles. The molecule has 3 N–H and O–H groups in total. The van der Waals surface area contributed by atoms with Gasteiger partial charge in [0.15, 0.2) is 17.1 Å². The van der Waals surface area contributed by atoms with Gasteiger partial charge < -0.3 is 10.8 Å². The van der Waals surface area contributed by atoms with Crippen LogP contribution in [0.15, 0.2) is 5.38 Å². The zero-order valence-corrected chi connectivity index (χ0v) is 9.52. The van der Waals surface area contributed by atoms with E-state index in [-0.39, 0.29) is 10.9 Å². The van der Waals surface area contributed by atoms with Crippen molar-refractivity contribution < 1.29 is 19.5 Å². The van der Waals surface area contributed by atoms with Gasteiger partial charge in [0.05, 0.1) is 0 Å². The van der Waals surface area contributed by atoms with Crippen LogP contribution in [0, 0.1) is 0 Å². The molecule has 0 fully saturated rings. The van der Waals surface area contributed by atoms with Crippen molar-refractivity contribution in [2.75, 3.05) is 10.8 Å². The number of carboxylic acids is 1. The number of nitrogens with two attached hydrogens (primary N) is 1. The highest BCUT2D eigenvalue weighted by Gasteiger charge is 2.22. The Balaban J connectivity index is 2.84. The minimum Gasteiger partial charge on any atom is -0.479 e. The number of amides is 1. The average molecular weight is 245 g/mol. The second-order valence-corrected chi connectivity index (χ2v) is 3.83. The predicted molar refractivity (Wildman–Crippen MR) is 57.9 cm³/mol. The van der Waals surface area contributed by atoms with Gasteiger partial charge in [-0.25, -0.2) is 14.6 Å². The van der Waals surface area contributed by atoms with E-state index in [0.29, 0.717) is 0 Å². The topological polar surface area (TPSA) is 106 Å². The molecule has 1 aromatic heterocycles. The first-order valence-corrected chi connectivity index (χ1v) is 5.21. The number of carbonyl (C=O) groups is 2. The number of carboxylic acid groups (broad SMARTS) is 1. The summed E-state index contributed by atoms with van der Waals surface area (Å²) in [5.41, 5.74) is 5.40. The highest BCUT2D eigenvalue weighted by atomic mass is 32.1. The molecule has 0 aliphatic rings. The number of rotatable bonds is 4. The van der Waals surface area contributed by atoms with Gasteiger partial charge in [0.2, 0.25) is 5.91 Å². The second kappa shape index (κ2) is 4.90. The molecule has 1 unspecified atom stereocenters. The van der Waals surface area contributed by atoms with Crippen LogP contribution < -0.4 is 10.8 Å². The molecule has 1 atom stereocenters. The van der Waals surface area contributed by atoms with Crippen molar-refractivity contribution in [2.45, 2.75) is 20.0 Å². The van der Waals surface area contributed by atoms with E-state index in [4.69, 9.17) is 15.7 Å². The number of aliphatic carboxylic acids is 1. The van der Waals surface area contributed by atoms with Gasteiger partial charge in [0, 0.05) is 12.3 Å². The number of anilines is 2. The van der Waals surface area contributed by atoms with E-state index in [0.717, 1.165) is 16.4 Å². The Morgan fingerprint density at radius 3 is 2.69 bits per heavy atom. The van der Waals surface area contributed by atoms with Gasteiger partial charge >= 0.3 is 5.97 Å². The lowest BCUT2D eigenvalue weighted by molar-refractivity contribution is -0.152. The molecule has 0 spiro atoms. The number of thiazole rings is 1. The Labute approximate surface area is 95.4 Å². The van der Waals surface area contributed by atoms with Crippen molar-refractivity contribution in [3.8, 4) is 0 Å². The molecule has 0 bridgehead atoms. The molecule has 7 nitrogen and oxygen atoms in total. The fourth-order valence-corrected chi connectivity index (χ4v) is 1.39. The molecule has 1 amide bonds. The smallest absolute Gasteiger partial charge is 0.335 e. The number of hydroxylamine groups is 1. The minimum absolute atomic E-state index is 0.183. The summed E-state index contributed by atoms with van der Waals surface area (Å²) in [6.45, 7) is 2.55. The van der Waals surface area contributed by atoms with Crippen LogP contribution in [0.25, 0.3) is 0 Å². The van der Waals surface area contributed by atoms with Crippen LogP contribution in [0.4, 0.5) is 10.9 Å². The Kier molecular flexibility index (Phi) is 3.80. The molecule has 1 rings (SSSR count). The van der Waals surface area contributed by atoms with Crippen molar-refractivity contribution >= 4 is 34.2 Å². The highest BCUT2D eigenvalue weighted by molar-refractivity contribution is 7.13. The van der Waals surface area contributed by atoms with Gasteiger partial charge in [0.1, 0.15) is 0 Å². The summed E-state index contributed by atoms with van der Waals surface area (Å²) in [5, 5.41) is 11.2. The standard InChI is InChI=1S/C8H11N3O4S/c1-4(7(13)14)15-11(5(2)12)6-3-16-8(9)10-6/h3-4H,1-2H3,(H2,9,10)(H,13,14). The van der Waals surface area contributed by atoms with Gasteiger partial charge in [-0.05, 0) is 6.92 Å². The lowest BCUT2D eigenvalue weighted by Crippen LogP contribution is -2.36. The minimum atomic E-state index is -1.17. The molecule has 16 heavy (non-hydrogen) atoms. The normalized spacial score (nSPS) is 12.1. The van der Waals surface area contributed by atoms with Crippen LogP contribution in [0.1, 0.15) is 13.8 Å². The average Bonchev–Trinajstić information content (AvgIpc) is 2.59. The lowest BCUT2D eigenvalue weighted by Gasteiger charge is -2.19. The van der Waals surface area contributed by atoms with Crippen molar-refractivity contribution in [3.63, 3.8) is 0 Å². The Morgan fingerprint density at radius 2 is 2.31 bits per heavy atom. The van der Waals surface area contributed by atoms with E-state index in [1.807, 2.05) is 0 Å². The van der Waals surface area contributed by atoms with Crippen molar-refractivity contribution in [2.24, 2.45) is 0 Å². The van der Waals surface area contributed by atoms with E-state index >= 15 is 0 Å². The van der Waals surface area contributed by atoms with E-state index in [1.54, 1.807) is 0 Å². The molecule has 0 radical (unpaired) electrons. The predicted octanol–water partition coefficient (Wildman–Crippen LogP) is 0.483. The van der Waals surface area contributed by atoms with Crippen LogP contribution in [-0.4, -0.2) is 28.1 Å². The maximum atomic E-state index is 11.2. The maximum Gasteiger partial charge on any atom is 0.335 e.